The molecule has 0 aliphatic heterocycles. The normalized spacial score (nSPS) is 11.8. The van der Waals surface area contributed by atoms with Crippen LogP contribution in [0, 0.1) is 28.4 Å². The molecule has 2 amide bonds. The van der Waals surface area contributed by atoms with Crippen LogP contribution >= 0.6 is 0 Å². The molecule has 0 spiro atoms. The minimum atomic E-state index is -0.898. The van der Waals surface area contributed by atoms with Gasteiger partial charge in [-0.15, -0.1) is 0 Å². The smallest absolute Gasteiger partial charge is 0.413 e. The van der Waals surface area contributed by atoms with E-state index in [0.717, 1.165) is 12.1 Å². The van der Waals surface area contributed by atoms with Crippen LogP contribution in [0.25, 0.3) is 11.3 Å². The van der Waals surface area contributed by atoms with Crippen molar-refractivity contribution in [3.8, 4) is 17.3 Å². The minimum Gasteiger partial charge on any atom is -0.444 e. The van der Waals surface area contributed by atoms with Gasteiger partial charge in [0.15, 0.2) is 5.82 Å². The van der Waals surface area contributed by atoms with E-state index in [4.69, 9.17) is 9.26 Å². The number of nitrogens with zero attached hydrogens (tertiary/aromatic N) is 4. The van der Waals surface area contributed by atoms with Crippen LogP contribution in [0.1, 0.15) is 78.3 Å². The van der Waals surface area contributed by atoms with Gasteiger partial charge in [-0.3, -0.25) is 15.4 Å². The number of nitriles is 1. The van der Waals surface area contributed by atoms with E-state index in [1.54, 1.807) is 40.7 Å². The van der Waals surface area contributed by atoms with Gasteiger partial charge in [0.05, 0.1) is 12.1 Å². The van der Waals surface area contributed by atoms with E-state index in [0.29, 0.717) is 12.1 Å². The summed E-state index contributed by atoms with van der Waals surface area (Å²) in [4.78, 5) is 24.9. The van der Waals surface area contributed by atoms with Crippen molar-refractivity contribution in [2.75, 3.05) is 10.6 Å². The molecule has 12 heteroatoms. The standard InChI is InChI=1S/C28H34F2N6O4/c1-15(2)36-25(33-26(38)39-28(6,7)8)19(14-31)24(34-36)18-12-20(29)16(9-21(18)30)10-22(37)32-23-11-17(35-40-23)13-27(3,4)5/h9,11-12,15H,10,13H2,1-8H3,(H,32,37)(H,33,38). The first-order chi connectivity index (χ1) is 18.5. The van der Waals surface area contributed by atoms with Crippen LogP contribution in [0.15, 0.2) is 22.7 Å². The first kappa shape index (κ1) is 30.3. The molecule has 0 bridgehead atoms. The van der Waals surface area contributed by atoms with Crippen LogP contribution in [0.5, 0.6) is 0 Å². The average Bonchev–Trinajstić information content (AvgIpc) is 3.37. The van der Waals surface area contributed by atoms with Crippen LogP contribution in [0.4, 0.5) is 25.3 Å². The number of hydrogen-bond donors (Lipinski definition) is 2. The number of nitrogens with one attached hydrogen (secondary N) is 2. The summed E-state index contributed by atoms with van der Waals surface area (Å²) in [7, 11) is 0. The molecule has 10 nitrogen and oxygen atoms in total. The van der Waals surface area contributed by atoms with E-state index >= 15 is 8.78 Å². The molecule has 3 rings (SSSR count). The SMILES string of the molecule is CC(C)n1nc(-c2cc(F)c(CC(=O)Nc3cc(CC(C)(C)C)no3)cc2F)c(C#N)c1NC(=O)OC(C)(C)C. The summed E-state index contributed by atoms with van der Waals surface area (Å²) in [6, 6.07) is 4.91. The van der Waals surface area contributed by atoms with Gasteiger partial charge in [0.1, 0.15) is 34.6 Å². The van der Waals surface area contributed by atoms with Crippen molar-refractivity contribution in [1.29, 1.82) is 5.26 Å². The highest BCUT2D eigenvalue weighted by atomic mass is 19.1. The van der Waals surface area contributed by atoms with Gasteiger partial charge in [-0.2, -0.15) is 10.4 Å². The van der Waals surface area contributed by atoms with Gasteiger partial charge in [-0.25, -0.2) is 18.3 Å². The Hall–Kier alpha value is -4.27. The van der Waals surface area contributed by atoms with Crippen LogP contribution in [-0.2, 0) is 22.4 Å². The third kappa shape index (κ3) is 7.65. The molecule has 0 atom stereocenters. The van der Waals surface area contributed by atoms with Gasteiger partial charge >= 0.3 is 6.09 Å². The number of anilines is 2. The zero-order valence-electron chi connectivity index (χ0n) is 23.9. The zero-order valence-corrected chi connectivity index (χ0v) is 23.9. The third-order valence-electron chi connectivity index (χ3n) is 5.41. The van der Waals surface area contributed by atoms with E-state index in [1.165, 1.54) is 4.68 Å². The Labute approximate surface area is 231 Å². The van der Waals surface area contributed by atoms with E-state index in [1.807, 2.05) is 26.8 Å². The molecule has 2 aromatic heterocycles. The van der Waals surface area contributed by atoms with E-state index < -0.39 is 35.7 Å². The molecule has 40 heavy (non-hydrogen) atoms. The van der Waals surface area contributed by atoms with Crippen molar-refractivity contribution in [1.82, 2.24) is 14.9 Å². The molecule has 214 valence electrons. The molecular formula is C28H34F2N6O4. The molecule has 0 unspecified atom stereocenters. The Morgan fingerprint density at radius 3 is 2.35 bits per heavy atom. The lowest BCUT2D eigenvalue weighted by Crippen LogP contribution is -2.28. The predicted molar refractivity (Wildman–Crippen MR) is 145 cm³/mol. The highest BCUT2D eigenvalue weighted by Crippen LogP contribution is 2.34. The Morgan fingerprint density at radius 1 is 1.10 bits per heavy atom. The topological polar surface area (TPSA) is 135 Å². The number of rotatable bonds is 7. The number of ether oxygens (including phenoxy) is 1. The Kier molecular flexibility index (Phi) is 8.67. The molecule has 0 saturated heterocycles. The van der Waals surface area contributed by atoms with Crippen LogP contribution < -0.4 is 10.6 Å². The summed E-state index contributed by atoms with van der Waals surface area (Å²) in [5.74, 6) is -2.31. The number of carbonyl (C=O) groups is 2. The first-order valence-corrected chi connectivity index (χ1v) is 12.7. The van der Waals surface area contributed by atoms with Crippen LogP contribution in [-0.4, -0.2) is 32.5 Å². The minimum absolute atomic E-state index is 0.0112. The Balaban J connectivity index is 1.87. The van der Waals surface area contributed by atoms with Crippen molar-refractivity contribution >= 4 is 23.7 Å². The second-order valence-electron chi connectivity index (χ2n) is 11.9. The largest absolute Gasteiger partial charge is 0.444 e. The fraction of sp³-hybridized carbons (Fsp3) is 0.464. The van der Waals surface area contributed by atoms with Gasteiger partial charge in [0.25, 0.3) is 0 Å². The average molecular weight is 557 g/mol. The molecule has 0 radical (unpaired) electrons. The molecule has 1 aromatic carbocycles. The lowest BCUT2D eigenvalue weighted by molar-refractivity contribution is -0.115. The summed E-state index contributed by atoms with van der Waals surface area (Å²) < 4.78 is 42.1. The Bertz CT molecular complexity index is 1450. The fourth-order valence-corrected chi connectivity index (χ4v) is 3.88. The summed E-state index contributed by atoms with van der Waals surface area (Å²) in [6.45, 7) is 14.6. The van der Waals surface area contributed by atoms with E-state index in [9.17, 15) is 14.9 Å². The highest BCUT2D eigenvalue weighted by molar-refractivity contribution is 5.91. The molecule has 0 saturated carbocycles. The monoisotopic (exact) mass is 556 g/mol. The summed E-state index contributed by atoms with van der Waals surface area (Å²) in [6.07, 6.45) is -0.683. The maximum absolute atomic E-state index is 15.3. The summed E-state index contributed by atoms with van der Waals surface area (Å²) >= 11 is 0. The summed E-state index contributed by atoms with van der Waals surface area (Å²) in [5.41, 5.74) is -1.03. The first-order valence-electron chi connectivity index (χ1n) is 12.7. The quantitative estimate of drug-likeness (QED) is 0.344. The molecule has 3 aromatic rings. The molecule has 2 heterocycles. The van der Waals surface area contributed by atoms with Gasteiger partial charge in [-0.1, -0.05) is 25.9 Å². The zero-order chi connectivity index (χ0) is 30.0. The molecule has 0 aliphatic carbocycles. The van der Waals surface area contributed by atoms with Crippen LogP contribution in [0.3, 0.4) is 0 Å². The van der Waals surface area contributed by atoms with Crippen molar-refractivity contribution in [3.05, 3.63) is 46.7 Å². The van der Waals surface area contributed by atoms with Gasteiger partial charge < -0.3 is 9.26 Å². The summed E-state index contributed by atoms with van der Waals surface area (Å²) in [5, 5.41) is 23.1. The van der Waals surface area contributed by atoms with Gasteiger partial charge in [-0.05, 0) is 58.6 Å². The lowest BCUT2D eigenvalue weighted by Gasteiger charge is -2.20. The number of benzene rings is 1. The second-order valence-corrected chi connectivity index (χ2v) is 11.9. The molecule has 0 aliphatic rings. The second kappa shape index (κ2) is 11.5. The number of aromatic nitrogens is 3. The Morgan fingerprint density at radius 2 is 1.77 bits per heavy atom. The van der Waals surface area contributed by atoms with Gasteiger partial charge in [0.2, 0.25) is 11.8 Å². The molecule has 2 N–H and O–H groups in total. The number of carbonyl (C=O) groups excluding carboxylic acids is 2. The molecular weight excluding hydrogens is 522 g/mol. The van der Waals surface area contributed by atoms with Crippen molar-refractivity contribution in [3.63, 3.8) is 0 Å². The maximum atomic E-state index is 15.3. The fourth-order valence-electron chi connectivity index (χ4n) is 3.88. The number of halogens is 2. The molecule has 0 fully saturated rings. The maximum Gasteiger partial charge on any atom is 0.413 e. The van der Waals surface area contributed by atoms with Crippen LogP contribution in [0.2, 0.25) is 0 Å². The van der Waals surface area contributed by atoms with Crippen molar-refractivity contribution in [2.24, 2.45) is 5.41 Å². The van der Waals surface area contributed by atoms with Crippen molar-refractivity contribution < 1.29 is 27.6 Å². The van der Waals surface area contributed by atoms with E-state index in [2.05, 4.69) is 20.9 Å². The lowest BCUT2D eigenvalue weighted by atomic mass is 9.91. The predicted octanol–water partition coefficient (Wildman–Crippen LogP) is 6.39. The van der Waals surface area contributed by atoms with Crippen molar-refractivity contribution in [2.45, 2.75) is 79.9 Å². The number of hydrogen-bond acceptors (Lipinski definition) is 7. The number of amides is 2. The highest BCUT2D eigenvalue weighted by Gasteiger charge is 2.27. The van der Waals surface area contributed by atoms with E-state index in [-0.39, 0.29) is 45.5 Å². The van der Waals surface area contributed by atoms with Gasteiger partial charge in [0, 0.05) is 23.2 Å². The third-order valence-corrected chi connectivity index (χ3v) is 5.41.